The first-order valence-corrected chi connectivity index (χ1v) is 8.53. The maximum atomic E-state index is 9.05. The fraction of sp³-hybridized carbons (Fsp3) is 0.667. The van der Waals surface area contributed by atoms with Crippen molar-refractivity contribution < 1.29 is 19.3 Å². The topological polar surface area (TPSA) is 60.0 Å². The van der Waals surface area contributed by atoms with E-state index in [1.54, 1.807) is 14.2 Å². The van der Waals surface area contributed by atoms with Gasteiger partial charge in [-0.1, -0.05) is 0 Å². The maximum absolute atomic E-state index is 9.05. The summed E-state index contributed by atoms with van der Waals surface area (Å²) in [4.78, 5) is 0. The van der Waals surface area contributed by atoms with Gasteiger partial charge in [0.25, 0.3) is 0 Å². The predicted octanol–water partition coefficient (Wildman–Crippen LogP) is 3.13. The molecule has 1 aromatic rings. The van der Waals surface area contributed by atoms with Crippen LogP contribution in [-0.4, -0.2) is 38.6 Å². The molecule has 2 aliphatic rings. The minimum Gasteiger partial charge on any atom is -0.497 e. The van der Waals surface area contributed by atoms with E-state index in [0.717, 1.165) is 55.0 Å². The zero-order valence-electron chi connectivity index (χ0n) is 14.0. The minimum atomic E-state index is 0.100. The van der Waals surface area contributed by atoms with Crippen molar-refractivity contribution in [1.82, 2.24) is 0 Å². The number of rotatable bonds is 6. The number of anilines is 1. The number of methoxy groups -OCH3 is 2. The van der Waals surface area contributed by atoms with Crippen LogP contribution < -0.4 is 14.8 Å². The summed E-state index contributed by atoms with van der Waals surface area (Å²) in [7, 11) is 3.36. The lowest BCUT2D eigenvalue weighted by Crippen LogP contribution is -2.41. The Bertz CT molecular complexity index is 534. The number of benzene rings is 1. The molecule has 0 unspecified atom stereocenters. The Hall–Kier alpha value is -1.46. The summed E-state index contributed by atoms with van der Waals surface area (Å²) in [5.41, 5.74) is 2.18. The average Bonchev–Trinajstić information content (AvgIpc) is 2.61. The maximum Gasteiger partial charge on any atom is 0.146 e. The van der Waals surface area contributed by atoms with Gasteiger partial charge in [-0.2, -0.15) is 0 Å². The second-order valence-electron chi connectivity index (χ2n) is 6.36. The van der Waals surface area contributed by atoms with Gasteiger partial charge in [-0.3, -0.25) is 0 Å². The van der Waals surface area contributed by atoms with E-state index in [4.69, 9.17) is 19.3 Å². The summed E-state index contributed by atoms with van der Waals surface area (Å²) in [6.45, 7) is 1.07. The van der Waals surface area contributed by atoms with Crippen LogP contribution in [0.2, 0.25) is 0 Å². The van der Waals surface area contributed by atoms with Crippen molar-refractivity contribution in [2.75, 3.05) is 32.8 Å². The lowest BCUT2D eigenvalue weighted by molar-refractivity contribution is -0.0389. The van der Waals surface area contributed by atoms with Gasteiger partial charge >= 0.3 is 0 Å². The Labute approximate surface area is 137 Å². The molecule has 0 saturated carbocycles. The molecule has 1 fully saturated rings. The highest BCUT2D eigenvalue weighted by Crippen LogP contribution is 2.49. The summed E-state index contributed by atoms with van der Waals surface area (Å²) < 4.78 is 17.1. The van der Waals surface area contributed by atoms with E-state index in [2.05, 4.69) is 11.4 Å². The zero-order chi connectivity index (χ0) is 16.2. The monoisotopic (exact) mass is 321 g/mol. The Morgan fingerprint density at radius 2 is 2.13 bits per heavy atom. The number of unbranched alkanes of at least 4 members (excludes halogenated alkanes) is 1. The molecule has 3 atom stereocenters. The third-order valence-corrected chi connectivity index (χ3v) is 5.01. The summed E-state index contributed by atoms with van der Waals surface area (Å²) in [6.07, 6.45) is 5.28. The number of ether oxygens (including phenoxy) is 3. The number of nitrogens with one attached hydrogen (secondary N) is 1. The van der Waals surface area contributed by atoms with Crippen LogP contribution in [0, 0.1) is 5.92 Å². The van der Waals surface area contributed by atoms with Gasteiger partial charge in [0.05, 0.1) is 26.0 Å². The molecular formula is C18H27NO4. The fourth-order valence-corrected chi connectivity index (χ4v) is 3.86. The molecule has 0 aliphatic carbocycles. The van der Waals surface area contributed by atoms with Crippen molar-refractivity contribution in [2.24, 2.45) is 5.92 Å². The van der Waals surface area contributed by atoms with E-state index < -0.39 is 0 Å². The molecule has 2 N–H and O–H groups in total. The number of hydrogen-bond acceptors (Lipinski definition) is 5. The van der Waals surface area contributed by atoms with Crippen LogP contribution in [0.25, 0.3) is 0 Å². The lowest BCUT2D eigenvalue weighted by atomic mass is 9.78. The highest BCUT2D eigenvalue weighted by Gasteiger charge is 2.40. The summed E-state index contributed by atoms with van der Waals surface area (Å²) in [6, 6.07) is 4.35. The minimum absolute atomic E-state index is 0.100. The molecule has 2 aliphatic heterocycles. The Morgan fingerprint density at radius 1 is 1.26 bits per heavy atom. The van der Waals surface area contributed by atoms with Crippen LogP contribution in [-0.2, 0) is 4.74 Å². The Kier molecular flexibility index (Phi) is 5.28. The number of aliphatic hydroxyl groups is 1. The van der Waals surface area contributed by atoms with Gasteiger partial charge < -0.3 is 24.6 Å². The third-order valence-electron chi connectivity index (χ3n) is 5.01. The molecule has 0 radical (unpaired) electrons. The number of hydrogen-bond donors (Lipinski definition) is 2. The Morgan fingerprint density at radius 3 is 2.87 bits per heavy atom. The van der Waals surface area contributed by atoms with E-state index >= 15 is 0 Å². The number of aliphatic hydroxyl groups excluding tert-OH is 1. The molecule has 128 valence electrons. The van der Waals surface area contributed by atoms with Gasteiger partial charge in [-0.25, -0.2) is 0 Å². The van der Waals surface area contributed by atoms with Crippen molar-refractivity contribution in [1.29, 1.82) is 0 Å². The Balaban J connectivity index is 1.93. The van der Waals surface area contributed by atoms with E-state index in [1.165, 1.54) is 6.42 Å². The SMILES string of the molecule is COc1cc(OC)c2c(c1)[C@H]1OCCC[C@H]1[C@@H](CCCCO)N2. The van der Waals surface area contributed by atoms with Gasteiger partial charge in [0.1, 0.15) is 11.5 Å². The zero-order valence-corrected chi connectivity index (χ0v) is 14.0. The molecule has 3 rings (SSSR count). The fourth-order valence-electron chi connectivity index (χ4n) is 3.86. The predicted molar refractivity (Wildman–Crippen MR) is 89.3 cm³/mol. The van der Waals surface area contributed by atoms with E-state index in [9.17, 15) is 0 Å². The highest BCUT2D eigenvalue weighted by atomic mass is 16.5. The summed E-state index contributed by atoms with van der Waals surface area (Å²) >= 11 is 0. The van der Waals surface area contributed by atoms with Crippen molar-refractivity contribution in [2.45, 2.75) is 44.2 Å². The van der Waals surface area contributed by atoms with Crippen molar-refractivity contribution in [3.05, 3.63) is 17.7 Å². The van der Waals surface area contributed by atoms with E-state index in [0.29, 0.717) is 12.0 Å². The van der Waals surface area contributed by atoms with Crippen LogP contribution >= 0.6 is 0 Å². The quantitative estimate of drug-likeness (QED) is 0.788. The van der Waals surface area contributed by atoms with Crippen molar-refractivity contribution >= 4 is 5.69 Å². The highest BCUT2D eigenvalue weighted by molar-refractivity contribution is 5.67. The molecule has 1 saturated heterocycles. The molecule has 5 heteroatoms. The molecule has 0 bridgehead atoms. The first-order chi connectivity index (χ1) is 11.3. The van der Waals surface area contributed by atoms with Crippen molar-refractivity contribution in [3.8, 4) is 11.5 Å². The summed E-state index contributed by atoms with van der Waals surface area (Å²) in [5, 5.41) is 12.7. The normalized spacial score (nSPS) is 26.0. The first kappa shape index (κ1) is 16.4. The van der Waals surface area contributed by atoms with Crippen LogP contribution in [0.15, 0.2) is 12.1 Å². The number of fused-ring (bicyclic) bond motifs is 3. The molecule has 23 heavy (non-hydrogen) atoms. The molecule has 0 aromatic heterocycles. The molecule has 2 heterocycles. The van der Waals surface area contributed by atoms with Gasteiger partial charge in [0.15, 0.2) is 0 Å². The van der Waals surface area contributed by atoms with Gasteiger partial charge in [-0.15, -0.1) is 0 Å². The third kappa shape index (κ3) is 3.26. The second kappa shape index (κ2) is 7.41. The lowest BCUT2D eigenvalue weighted by Gasteiger charge is -2.43. The largest absolute Gasteiger partial charge is 0.497 e. The van der Waals surface area contributed by atoms with Gasteiger partial charge in [0, 0.05) is 36.8 Å². The molecule has 1 aromatic carbocycles. The van der Waals surface area contributed by atoms with E-state index in [-0.39, 0.29) is 12.7 Å². The second-order valence-corrected chi connectivity index (χ2v) is 6.36. The summed E-state index contributed by atoms with van der Waals surface area (Å²) in [5.74, 6) is 2.07. The average molecular weight is 321 g/mol. The molecule has 0 spiro atoms. The molecule has 0 amide bonds. The van der Waals surface area contributed by atoms with Crippen LogP contribution in [0.1, 0.15) is 43.8 Å². The van der Waals surface area contributed by atoms with E-state index in [1.807, 2.05) is 6.07 Å². The van der Waals surface area contributed by atoms with Gasteiger partial charge in [-0.05, 0) is 38.2 Å². The van der Waals surface area contributed by atoms with Crippen molar-refractivity contribution in [3.63, 3.8) is 0 Å². The van der Waals surface area contributed by atoms with Crippen LogP contribution in [0.3, 0.4) is 0 Å². The molecular weight excluding hydrogens is 294 g/mol. The van der Waals surface area contributed by atoms with Crippen LogP contribution in [0.4, 0.5) is 5.69 Å². The molecule has 5 nitrogen and oxygen atoms in total. The first-order valence-electron chi connectivity index (χ1n) is 8.53. The van der Waals surface area contributed by atoms with Gasteiger partial charge in [0.2, 0.25) is 0 Å². The standard InChI is InChI=1S/C18H27NO4/c1-21-12-10-14-17(16(11-12)22-2)19-15(7-3-4-8-20)13-6-5-9-23-18(13)14/h10-11,13,15,18-20H,3-9H2,1-2H3/t13-,15+,18-/m0/s1. The van der Waals surface area contributed by atoms with Crippen LogP contribution in [0.5, 0.6) is 11.5 Å². The smallest absolute Gasteiger partial charge is 0.146 e.